The van der Waals surface area contributed by atoms with Crippen molar-refractivity contribution in [3.05, 3.63) is 34.6 Å². The summed E-state index contributed by atoms with van der Waals surface area (Å²) in [6, 6.07) is 0. The summed E-state index contributed by atoms with van der Waals surface area (Å²) in [7, 11) is 0. The van der Waals surface area contributed by atoms with E-state index in [9.17, 15) is 14.7 Å². The van der Waals surface area contributed by atoms with E-state index in [1.807, 2.05) is 26.8 Å². The Hall–Kier alpha value is -1.69. The van der Waals surface area contributed by atoms with Gasteiger partial charge in [0, 0.05) is 11.4 Å². The van der Waals surface area contributed by atoms with E-state index < -0.39 is 11.4 Å². The van der Waals surface area contributed by atoms with Gasteiger partial charge in [0.2, 0.25) is 0 Å². The van der Waals surface area contributed by atoms with Gasteiger partial charge in [-0.2, -0.15) is 0 Å². The molecule has 0 aromatic carbocycles. The Kier molecular flexibility index (Phi) is 5.24. The average Bonchev–Trinajstić information content (AvgIpc) is 2.48. The van der Waals surface area contributed by atoms with Gasteiger partial charge in [-0.05, 0) is 30.9 Å². The van der Waals surface area contributed by atoms with Gasteiger partial charge >= 0.3 is 5.97 Å². The van der Waals surface area contributed by atoms with Crippen molar-refractivity contribution in [3.63, 3.8) is 0 Å². The fourth-order valence-electron chi connectivity index (χ4n) is 3.04. The van der Waals surface area contributed by atoms with Crippen LogP contribution in [0.15, 0.2) is 34.6 Å². The molecule has 2 unspecified atom stereocenters. The Labute approximate surface area is 140 Å². The molecule has 0 aromatic rings. The molecule has 0 aromatic heterocycles. The number of hydrogen-bond acceptors (Lipinski definition) is 4. The van der Waals surface area contributed by atoms with Gasteiger partial charge in [0.25, 0.3) is 5.91 Å². The lowest BCUT2D eigenvalue weighted by atomic mass is 9.66. The summed E-state index contributed by atoms with van der Waals surface area (Å²) in [6.45, 7) is 8.03. The standard InChI is InChI=1S/C17H23NO4S/c1-10(2)17(16(20)21)9-13(6-5-11(17)3)18-15(19)14-12(4)22-7-8-23-14/h5-6,9-11H,7-8H2,1-4H3,(H,18,19)(H,20,21). The van der Waals surface area contributed by atoms with Crippen LogP contribution in [0.25, 0.3) is 0 Å². The van der Waals surface area contributed by atoms with E-state index in [-0.39, 0.29) is 17.7 Å². The van der Waals surface area contributed by atoms with Gasteiger partial charge in [0.15, 0.2) is 0 Å². The number of nitrogens with one attached hydrogen (secondary N) is 1. The molecular formula is C17H23NO4S. The summed E-state index contributed by atoms with van der Waals surface area (Å²) >= 11 is 1.46. The molecule has 2 aliphatic rings. The van der Waals surface area contributed by atoms with Crippen LogP contribution in [0.4, 0.5) is 0 Å². The van der Waals surface area contributed by atoms with E-state index in [1.54, 1.807) is 19.1 Å². The topological polar surface area (TPSA) is 75.6 Å². The molecular weight excluding hydrogens is 314 g/mol. The predicted octanol–water partition coefficient (Wildman–Crippen LogP) is 2.91. The number of carbonyl (C=O) groups excluding carboxylic acids is 1. The second-order valence-electron chi connectivity index (χ2n) is 6.18. The fraction of sp³-hybridized carbons (Fsp3) is 0.529. The van der Waals surface area contributed by atoms with E-state index in [0.717, 1.165) is 5.75 Å². The Morgan fingerprint density at radius 2 is 2.17 bits per heavy atom. The maximum atomic E-state index is 12.4. The van der Waals surface area contributed by atoms with Crippen molar-refractivity contribution in [2.45, 2.75) is 27.7 Å². The summed E-state index contributed by atoms with van der Waals surface area (Å²) in [5.74, 6) is -0.0190. The molecule has 0 radical (unpaired) electrons. The van der Waals surface area contributed by atoms with Crippen molar-refractivity contribution >= 4 is 23.6 Å². The van der Waals surface area contributed by atoms with E-state index in [1.165, 1.54) is 11.8 Å². The maximum absolute atomic E-state index is 12.4. The molecule has 2 atom stereocenters. The fourth-order valence-corrected chi connectivity index (χ4v) is 3.85. The van der Waals surface area contributed by atoms with E-state index in [4.69, 9.17) is 4.74 Å². The van der Waals surface area contributed by atoms with Crippen LogP contribution in [0.3, 0.4) is 0 Å². The van der Waals surface area contributed by atoms with Gasteiger partial charge in [-0.15, -0.1) is 11.8 Å². The minimum atomic E-state index is -1.02. The van der Waals surface area contributed by atoms with Gasteiger partial charge in [-0.1, -0.05) is 26.8 Å². The Morgan fingerprint density at radius 1 is 1.48 bits per heavy atom. The molecule has 1 amide bonds. The van der Waals surface area contributed by atoms with Crippen LogP contribution in [0, 0.1) is 17.3 Å². The van der Waals surface area contributed by atoms with Crippen molar-refractivity contribution in [1.29, 1.82) is 0 Å². The molecule has 126 valence electrons. The number of carboxylic acids is 1. The van der Waals surface area contributed by atoms with Crippen molar-refractivity contribution < 1.29 is 19.4 Å². The molecule has 6 heteroatoms. The van der Waals surface area contributed by atoms with Crippen LogP contribution in [0.1, 0.15) is 27.7 Å². The number of thioether (sulfide) groups is 1. The Balaban J connectivity index is 2.28. The molecule has 0 spiro atoms. The molecule has 2 N–H and O–H groups in total. The minimum Gasteiger partial charge on any atom is -0.496 e. The maximum Gasteiger partial charge on any atom is 0.314 e. The van der Waals surface area contributed by atoms with Crippen molar-refractivity contribution in [1.82, 2.24) is 5.32 Å². The highest BCUT2D eigenvalue weighted by Gasteiger charge is 2.45. The van der Waals surface area contributed by atoms with E-state index in [0.29, 0.717) is 23.0 Å². The molecule has 5 nitrogen and oxygen atoms in total. The highest BCUT2D eigenvalue weighted by atomic mass is 32.2. The highest BCUT2D eigenvalue weighted by Crippen LogP contribution is 2.42. The van der Waals surface area contributed by atoms with Crippen LogP contribution >= 0.6 is 11.8 Å². The molecule has 1 aliphatic carbocycles. The van der Waals surface area contributed by atoms with E-state index >= 15 is 0 Å². The van der Waals surface area contributed by atoms with Crippen LogP contribution in [-0.4, -0.2) is 29.3 Å². The third-order valence-electron chi connectivity index (χ3n) is 4.47. The first kappa shape index (κ1) is 17.7. The van der Waals surface area contributed by atoms with Gasteiger partial charge < -0.3 is 15.2 Å². The number of amides is 1. The first-order valence-corrected chi connectivity index (χ1v) is 8.70. The predicted molar refractivity (Wildman–Crippen MR) is 90.5 cm³/mol. The summed E-state index contributed by atoms with van der Waals surface area (Å²) in [4.78, 5) is 24.9. The number of aliphatic carboxylic acids is 1. The summed E-state index contributed by atoms with van der Waals surface area (Å²) < 4.78 is 5.40. The smallest absolute Gasteiger partial charge is 0.314 e. The first-order valence-electron chi connectivity index (χ1n) is 7.71. The lowest BCUT2D eigenvalue weighted by Gasteiger charge is -2.37. The largest absolute Gasteiger partial charge is 0.496 e. The first-order chi connectivity index (χ1) is 10.8. The monoisotopic (exact) mass is 337 g/mol. The molecule has 1 heterocycles. The second kappa shape index (κ2) is 6.83. The molecule has 0 fully saturated rings. The summed E-state index contributed by atoms with van der Waals surface area (Å²) in [6.07, 6.45) is 5.29. The third kappa shape index (κ3) is 3.32. The van der Waals surface area contributed by atoms with Gasteiger partial charge in [-0.25, -0.2) is 0 Å². The number of allylic oxidation sites excluding steroid dienone is 3. The molecule has 1 aliphatic heterocycles. The van der Waals surface area contributed by atoms with Crippen LogP contribution < -0.4 is 5.32 Å². The van der Waals surface area contributed by atoms with Crippen molar-refractivity contribution in [2.75, 3.05) is 12.4 Å². The minimum absolute atomic E-state index is 0.0970. The molecule has 0 saturated heterocycles. The zero-order valence-electron chi connectivity index (χ0n) is 13.9. The van der Waals surface area contributed by atoms with Gasteiger partial charge in [0.1, 0.15) is 10.7 Å². The van der Waals surface area contributed by atoms with Crippen LogP contribution in [0.5, 0.6) is 0 Å². The van der Waals surface area contributed by atoms with Gasteiger partial charge in [-0.3, -0.25) is 9.59 Å². The SMILES string of the molecule is CC1=C(C(=O)NC2=CC(C(=O)O)(C(C)C)C(C)C=C2)SCCO1. The van der Waals surface area contributed by atoms with Crippen molar-refractivity contribution in [3.8, 4) is 0 Å². The Morgan fingerprint density at radius 3 is 2.74 bits per heavy atom. The average molecular weight is 337 g/mol. The molecule has 0 saturated carbocycles. The zero-order valence-corrected chi connectivity index (χ0v) is 14.7. The second-order valence-corrected chi connectivity index (χ2v) is 7.28. The number of hydrogen-bond donors (Lipinski definition) is 2. The number of carboxylic acid groups (broad SMARTS) is 1. The highest BCUT2D eigenvalue weighted by molar-refractivity contribution is 8.04. The number of rotatable bonds is 4. The summed E-state index contributed by atoms with van der Waals surface area (Å²) in [5, 5.41) is 12.6. The van der Waals surface area contributed by atoms with Crippen LogP contribution in [-0.2, 0) is 14.3 Å². The van der Waals surface area contributed by atoms with Gasteiger partial charge in [0.05, 0.1) is 12.0 Å². The number of ether oxygens (including phenoxy) is 1. The number of carbonyl (C=O) groups is 2. The van der Waals surface area contributed by atoms with E-state index in [2.05, 4.69) is 5.32 Å². The molecule has 23 heavy (non-hydrogen) atoms. The molecule has 2 rings (SSSR count). The lowest BCUT2D eigenvalue weighted by molar-refractivity contribution is -0.150. The molecule has 0 bridgehead atoms. The quantitative estimate of drug-likeness (QED) is 0.825. The summed E-state index contributed by atoms with van der Waals surface area (Å²) in [5.41, 5.74) is -0.493. The Bertz CT molecular complexity index is 606. The third-order valence-corrected chi connectivity index (χ3v) is 5.60. The van der Waals surface area contributed by atoms with Crippen LogP contribution in [0.2, 0.25) is 0 Å². The lowest BCUT2D eigenvalue weighted by Crippen LogP contribution is -2.42. The normalized spacial score (nSPS) is 27.5. The zero-order chi connectivity index (χ0) is 17.2. The van der Waals surface area contributed by atoms with Crippen molar-refractivity contribution in [2.24, 2.45) is 17.3 Å².